The quantitative estimate of drug-likeness (QED) is 0.723. The van der Waals surface area contributed by atoms with Crippen LogP contribution in [0, 0.1) is 12.8 Å². The molecule has 0 amide bonds. The van der Waals surface area contributed by atoms with Crippen LogP contribution in [0.25, 0.3) is 0 Å². The second-order valence-electron chi connectivity index (χ2n) is 5.29. The first-order valence-electron chi connectivity index (χ1n) is 6.82. The van der Waals surface area contributed by atoms with Crippen molar-refractivity contribution in [1.82, 2.24) is 4.31 Å². The summed E-state index contributed by atoms with van der Waals surface area (Å²) in [6.45, 7) is 5.36. The lowest BCUT2D eigenvalue weighted by atomic mass is 9.96. The molecular weight excluding hydrogens is 406 g/mol. The molecule has 112 valence electrons. The SMILES string of the molecule is CCC1CCN(S(=O)(=O)c2cc(Br)c(C)cc2Br)CC1. The summed E-state index contributed by atoms with van der Waals surface area (Å²) in [6, 6.07) is 3.54. The van der Waals surface area contributed by atoms with Crippen molar-refractivity contribution in [2.24, 2.45) is 5.92 Å². The summed E-state index contributed by atoms with van der Waals surface area (Å²) in [5, 5.41) is 0. The van der Waals surface area contributed by atoms with Crippen molar-refractivity contribution in [2.75, 3.05) is 13.1 Å². The van der Waals surface area contributed by atoms with E-state index in [1.165, 1.54) is 0 Å². The number of hydrogen-bond donors (Lipinski definition) is 0. The Labute approximate surface area is 138 Å². The van der Waals surface area contributed by atoms with Crippen LogP contribution in [0.1, 0.15) is 31.7 Å². The molecule has 0 aliphatic carbocycles. The molecule has 1 aliphatic heterocycles. The van der Waals surface area contributed by atoms with Gasteiger partial charge < -0.3 is 0 Å². The predicted molar refractivity (Wildman–Crippen MR) is 88.4 cm³/mol. The second kappa shape index (κ2) is 6.46. The van der Waals surface area contributed by atoms with Crippen LogP contribution >= 0.6 is 31.9 Å². The fourth-order valence-electron chi connectivity index (χ4n) is 2.52. The highest BCUT2D eigenvalue weighted by molar-refractivity contribution is 9.11. The lowest BCUT2D eigenvalue weighted by Gasteiger charge is -2.31. The van der Waals surface area contributed by atoms with Gasteiger partial charge in [0.05, 0.1) is 4.90 Å². The van der Waals surface area contributed by atoms with E-state index in [1.807, 2.05) is 13.0 Å². The predicted octanol–water partition coefficient (Wildman–Crippen LogP) is 4.33. The highest BCUT2D eigenvalue weighted by Gasteiger charge is 2.30. The van der Waals surface area contributed by atoms with Gasteiger partial charge in [-0.05, 0) is 59.3 Å². The van der Waals surface area contributed by atoms with Gasteiger partial charge in [0.25, 0.3) is 0 Å². The number of hydrogen-bond acceptors (Lipinski definition) is 2. The molecule has 1 saturated heterocycles. The number of aryl methyl sites for hydroxylation is 1. The highest BCUT2D eigenvalue weighted by Crippen LogP contribution is 2.32. The zero-order chi connectivity index (χ0) is 14.9. The van der Waals surface area contributed by atoms with E-state index in [2.05, 4.69) is 38.8 Å². The van der Waals surface area contributed by atoms with Gasteiger partial charge in [-0.25, -0.2) is 8.42 Å². The largest absolute Gasteiger partial charge is 0.244 e. The summed E-state index contributed by atoms with van der Waals surface area (Å²) in [4.78, 5) is 0.352. The minimum absolute atomic E-state index is 0.352. The van der Waals surface area contributed by atoms with Crippen molar-refractivity contribution in [3.63, 3.8) is 0 Å². The van der Waals surface area contributed by atoms with Crippen LogP contribution in [-0.4, -0.2) is 25.8 Å². The maximum absolute atomic E-state index is 12.7. The summed E-state index contributed by atoms with van der Waals surface area (Å²) in [5.41, 5.74) is 1.01. The van der Waals surface area contributed by atoms with Crippen LogP contribution in [0.4, 0.5) is 0 Å². The van der Waals surface area contributed by atoms with Crippen LogP contribution in [0.15, 0.2) is 26.0 Å². The number of nitrogens with zero attached hydrogens (tertiary/aromatic N) is 1. The molecule has 0 N–H and O–H groups in total. The monoisotopic (exact) mass is 423 g/mol. The molecule has 3 nitrogen and oxygen atoms in total. The van der Waals surface area contributed by atoms with Gasteiger partial charge in [-0.3, -0.25) is 0 Å². The third kappa shape index (κ3) is 3.29. The Kier molecular flexibility index (Phi) is 5.32. The number of rotatable bonds is 3. The third-order valence-electron chi connectivity index (χ3n) is 3.98. The third-order valence-corrected chi connectivity index (χ3v) is 7.69. The summed E-state index contributed by atoms with van der Waals surface area (Å²) >= 11 is 6.80. The van der Waals surface area contributed by atoms with E-state index in [0.717, 1.165) is 29.3 Å². The van der Waals surface area contributed by atoms with E-state index < -0.39 is 10.0 Å². The topological polar surface area (TPSA) is 37.4 Å². The van der Waals surface area contributed by atoms with Crippen molar-refractivity contribution in [2.45, 2.75) is 38.0 Å². The Morgan fingerprint density at radius 2 is 1.80 bits per heavy atom. The summed E-state index contributed by atoms with van der Waals surface area (Å²) in [7, 11) is -3.41. The molecule has 0 atom stereocenters. The number of sulfonamides is 1. The van der Waals surface area contributed by atoms with Crippen LogP contribution < -0.4 is 0 Å². The molecule has 0 radical (unpaired) electrons. The highest BCUT2D eigenvalue weighted by atomic mass is 79.9. The molecule has 0 spiro atoms. The van der Waals surface area contributed by atoms with Gasteiger partial charge in [-0.2, -0.15) is 4.31 Å². The Bertz CT molecular complexity index is 593. The molecule has 6 heteroatoms. The van der Waals surface area contributed by atoms with Crippen LogP contribution in [-0.2, 0) is 10.0 Å². The number of piperidine rings is 1. The molecule has 1 fully saturated rings. The molecule has 1 aliphatic rings. The first-order chi connectivity index (χ1) is 9.36. The fourth-order valence-corrected chi connectivity index (χ4v) is 5.63. The Morgan fingerprint density at radius 3 is 2.35 bits per heavy atom. The minimum Gasteiger partial charge on any atom is -0.207 e. The average molecular weight is 425 g/mol. The first kappa shape index (κ1) is 16.5. The van der Waals surface area contributed by atoms with E-state index in [9.17, 15) is 8.42 Å². The fraction of sp³-hybridized carbons (Fsp3) is 0.571. The van der Waals surface area contributed by atoms with Crippen molar-refractivity contribution < 1.29 is 8.42 Å². The Hall–Kier alpha value is 0.0900. The molecular formula is C14H19Br2NO2S. The molecule has 1 aromatic carbocycles. The van der Waals surface area contributed by atoms with Crippen molar-refractivity contribution in [3.8, 4) is 0 Å². The van der Waals surface area contributed by atoms with Gasteiger partial charge in [0.15, 0.2) is 0 Å². The first-order valence-corrected chi connectivity index (χ1v) is 9.84. The van der Waals surface area contributed by atoms with Gasteiger partial charge >= 0.3 is 0 Å². The van der Waals surface area contributed by atoms with E-state index >= 15 is 0 Å². The summed E-state index contributed by atoms with van der Waals surface area (Å²) in [5.74, 6) is 0.662. The van der Waals surface area contributed by atoms with E-state index in [1.54, 1.807) is 10.4 Å². The summed E-state index contributed by atoms with van der Waals surface area (Å²) < 4.78 is 28.6. The van der Waals surface area contributed by atoms with E-state index in [4.69, 9.17) is 0 Å². The van der Waals surface area contributed by atoms with Gasteiger partial charge in [0, 0.05) is 22.0 Å². The molecule has 0 bridgehead atoms. The van der Waals surface area contributed by atoms with Crippen molar-refractivity contribution in [3.05, 3.63) is 26.6 Å². The van der Waals surface area contributed by atoms with E-state index in [0.29, 0.717) is 28.4 Å². The zero-order valence-corrected chi connectivity index (χ0v) is 15.7. The maximum Gasteiger partial charge on any atom is 0.244 e. The molecule has 1 aromatic rings. The van der Waals surface area contributed by atoms with Gasteiger partial charge in [0.2, 0.25) is 10.0 Å². The summed E-state index contributed by atoms with van der Waals surface area (Å²) in [6.07, 6.45) is 3.05. The second-order valence-corrected chi connectivity index (χ2v) is 8.90. The van der Waals surface area contributed by atoms with Gasteiger partial charge in [-0.1, -0.05) is 29.3 Å². The minimum atomic E-state index is -3.41. The molecule has 1 heterocycles. The maximum atomic E-state index is 12.7. The van der Waals surface area contributed by atoms with Crippen LogP contribution in [0.3, 0.4) is 0 Å². The molecule has 2 rings (SSSR count). The standard InChI is InChI=1S/C14H19Br2NO2S/c1-3-11-4-6-17(7-5-11)20(18,19)14-9-12(15)10(2)8-13(14)16/h8-9,11H,3-7H2,1-2H3. The van der Waals surface area contributed by atoms with Crippen LogP contribution in [0.2, 0.25) is 0 Å². The van der Waals surface area contributed by atoms with Crippen molar-refractivity contribution in [1.29, 1.82) is 0 Å². The Balaban J connectivity index is 2.30. The van der Waals surface area contributed by atoms with Crippen LogP contribution in [0.5, 0.6) is 0 Å². The normalized spacial score (nSPS) is 18.4. The average Bonchev–Trinajstić information content (AvgIpc) is 2.42. The molecule has 20 heavy (non-hydrogen) atoms. The lowest BCUT2D eigenvalue weighted by molar-refractivity contribution is 0.269. The zero-order valence-electron chi connectivity index (χ0n) is 11.7. The van der Waals surface area contributed by atoms with Crippen molar-refractivity contribution >= 4 is 41.9 Å². The smallest absolute Gasteiger partial charge is 0.207 e. The van der Waals surface area contributed by atoms with Gasteiger partial charge in [0.1, 0.15) is 0 Å². The number of halogens is 2. The lowest BCUT2D eigenvalue weighted by Crippen LogP contribution is -2.38. The van der Waals surface area contributed by atoms with E-state index in [-0.39, 0.29) is 0 Å². The molecule has 0 unspecified atom stereocenters. The molecule has 0 aromatic heterocycles. The Morgan fingerprint density at radius 1 is 1.20 bits per heavy atom. The molecule has 0 saturated carbocycles. The van der Waals surface area contributed by atoms with Gasteiger partial charge in [-0.15, -0.1) is 0 Å². The number of benzene rings is 1.